The van der Waals surface area contributed by atoms with E-state index in [0.717, 1.165) is 10.6 Å². The van der Waals surface area contributed by atoms with Gasteiger partial charge >= 0.3 is 0 Å². The number of amides is 2. The van der Waals surface area contributed by atoms with Crippen LogP contribution in [0.2, 0.25) is 10.0 Å². The molecule has 3 rings (SSSR count). The van der Waals surface area contributed by atoms with Gasteiger partial charge in [-0.15, -0.1) is 0 Å². The molecule has 0 fully saturated rings. The lowest BCUT2D eigenvalue weighted by Gasteiger charge is -2.31. The molecule has 1 N–H and O–H groups in total. The second-order valence-electron chi connectivity index (χ2n) is 8.79. The highest BCUT2D eigenvalue weighted by Crippen LogP contribution is 2.21. The van der Waals surface area contributed by atoms with Crippen molar-refractivity contribution in [3.63, 3.8) is 0 Å². The van der Waals surface area contributed by atoms with E-state index in [1.165, 1.54) is 29.2 Å². The van der Waals surface area contributed by atoms with Crippen molar-refractivity contribution in [1.29, 1.82) is 0 Å². The Hall–Kier alpha value is -2.98. The molecule has 2 amide bonds. The Kier molecular flexibility index (Phi) is 10.3. The molecule has 3 aromatic carbocycles. The standard InChI is InChI=1S/C27H28Cl2FN3O4S/c1-19(27(35)31-15-22-10-11-23(28)14-25(22)29)33(17-21-8-12-24(30)13-9-21)26(34)18-32(38(2,36)37)16-20-6-4-3-5-7-20/h3-14,19H,15-18H2,1-2H3,(H,31,35)/t19-/m0/s1. The predicted octanol–water partition coefficient (Wildman–Crippen LogP) is 4.63. The summed E-state index contributed by atoms with van der Waals surface area (Å²) in [6, 6.07) is 18.3. The maximum absolute atomic E-state index is 13.5. The van der Waals surface area contributed by atoms with Crippen LogP contribution in [0, 0.1) is 5.82 Å². The summed E-state index contributed by atoms with van der Waals surface area (Å²) in [6.07, 6.45) is 1.03. The molecule has 0 aliphatic heterocycles. The molecule has 202 valence electrons. The van der Waals surface area contributed by atoms with Crippen molar-refractivity contribution in [2.45, 2.75) is 32.6 Å². The molecule has 0 saturated heterocycles. The van der Waals surface area contributed by atoms with Gasteiger partial charge in [0.05, 0.1) is 12.8 Å². The number of hydrogen-bond acceptors (Lipinski definition) is 4. The van der Waals surface area contributed by atoms with Crippen LogP contribution in [-0.2, 0) is 39.2 Å². The Bertz CT molecular complexity index is 1370. The van der Waals surface area contributed by atoms with Gasteiger partial charge in [-0.2, -0.15) is 4.31 Å². The van der Waals surface area contributed by atoms with Gasteiger partial charge in [0.2, 0.25) is 21.8 Å². The summed E-state index contributed by atoms with van der Waals surface area (Å²) >= 11 is 12.1. The SMILES string of the molecule is C[C@@H](C(=O)NCc1ccc(Cl)cc1Cl)N(Cc1ccc(F)cc1)C(=O)CN(Cc1ccccc1)S(C)(=O)=O. The van der Waals surface area contributed by atoms with Crippen LogP contribution >= 0.6 is 23.2 Å². The van der Waals surface area contributed by atoms with Crippen LogP contribution in [0.4, 0.5) is 4.39 Å². The summed E-state index contributed by atoms with van der Waals surface area (Å²) in [5.74, 6) is -1.49. The first-order valence-corrected chi connectivity index (χ1v) is 14.3. The Morgan fingerprint density at radius 3 is 2.18 bits per heavy atom. The van der Waals surface area contributed by atoms with E-state index >= 15 is 0 Å². The molecule has 0 radical (unpaired) electrons. The minimum Gasteiger partial charge on any atom is -0.350 e. The molecule has 3 aromatic rings. The second-order valence-corrected chi connectivity index (χ2v) is 11.6. The van der Waals surface area contributed by atoms with Crippen molar-refractivity contribution in [3.8, 4) is 0 Å². The van der Waals surface area contributed by atoms with Gasteiger partial charge in [-0.05, 0) is 47.9 Å². The molecule has 0 unspecified atom stereocenters. The Morgan fingerprint density at radius 1 is 0.947 bits per heavy atom. The number of hydrogen-bond donors (Lipinski definition) is 1. The quantitative estimate of drug-likeness (QED) is 0.359. The van der Waals surface area contributed by atoms with Crippen LogP contribution in [0.3, 0.4) is 0 Å². The van der Waals surface area contributed by atoms with Gasteiger partial charge in [-0.3, -0.25) is 9.59 Å². The number of halogens is 3. The molecule has 0 aliphatic rings. The van der Waals surface area contributed by atoms with E-state index in [1.54, 1.807) is 55.5 Å². The number of rotatable bonds is 11. The third-order valence-electron chi connectivity index (χ3n) is 5.88. The molecule has 0 heterocycles. The van der Waals surface area contributed by atoms with E-state index in [4.69, 9.17) is 23.2 Å². The fraction of sp³-hybridized carbons (Fsp3) is 0.259. The first-order chi connectivity index (χ1) is 17.9. The molecule has 1 atom stereocenters. The lowest BCUT2D eigenvalue weighted by molar-refractivity contribution is -0.140. The topological polar surface area (TPSA) is 86.8 Å². The monoisotopic (exact) mass is 579 g/mol. The van der Waals surface area contributed by atoms with Crippen molar-refractivity contribution in [1.82, 2.24) is 14.5 Å². The third-order valence-corrected chi connectivity index (χ3v) is 7.67. The zero-order valence-corrected chi connectivity index (χ0v) is 23.2. The average Bonchev–Trinajstić information content (AvgIpc) is 2.87. The summed E-state index contributed by atoms with van der Waals surface area (Å²) in [4.78, 5) is 27.9. The normalized spacial score (nSPS) is 12.3. The molecule has 7 nitrogen and oxygen atoms in total. The highest BCUT2D eigenvalue weighted by Gasteiger charge is 2.30. The van der Waals surface area contributed by atoms with E-state index in [1.807, 2.05) is 0 Å². The lowest BCUT2D eigenvalue weighted by atomic mass is 10.1. The molecule has 38 heavy (non-hydrogen) atoms. The molecule has 0 aromatic heterocycles. The number of sulfonamides is 1. The summed E-state index contributed by atoms with van der Waals surface area (Å²) < 4.78 is 39.6. The minimum absolute atomic E-state index is 0.00849. The van der Waals surface area contributed by atoms with Gasteiger partial charge in [-0.1, -0.05) is 71.7 Å². The van der Waals surface area contributed by atoms with E-state index in [-0.39, 0.29) is 19.6 Å². The fourth-order valence-electron chi connectivity index (χ4n) is 3.68. The molecule has 0 aliphatic carbocycles. The zero-order chi connectivity index (χ0) is 27.9. The number of nitrogens with zero attached hydrogens (tertiary/aromatic N) is 2. The van der Waals surface area contributed by atoms with Gasteiger partial charge in [0.25, 0.3) is 0 Å². The van der Waals surface area contributed by atoms with Crippen LogP contribution in [0.5, 0.6) is 0 Å². The molecular weight excluding hydrogens is 552 g/mol. The molecule has 0 spiro atoms. The van der Waals surface area contributed by atoms with Crippen LogP contribution in [0.25, 0.3) is 0 Å². The Labute approximate surface area is 232 Å². The third kappa shape index (κ3) is 8.52. The van der Waals surface area contributed by atoms with Crippen molar-refractivity contribution in [2.75, 3.05) is 12.8 Å². The van der Waals surface area contributed by atoms with E-state index < -0.39 is 40.2 Å². The van der Waals surface area contributed by atoms with E-state index in [0.29, 0.717) is 26.7 Å². The van der Waals surface area contributed by atoms with Gasteiger partial charge in [-0.25, -0.2) is 12.8 Å². The lowest BCUT2D eigenvalue weighted by Crippen LogP contribution is -2.50. The number of nitrogens with one attached hydrogen (secondary N) is 1. The van der Waals surface area contributed by atoms with Gasteiger partial charge in [0.15, 0.2) is 0 Å². The second kappa shape index (κ2) is 13.2. The summed E-state index contributed by atoms with van der Waals surface area (Å²) in [6.45, 7) is 1.13. The number of benzene rings is 3. The number of carbonyl (C=O) groups is 2. The maximum Gasteiger partial charge on any atom is 0.242 e. The molecule has 0 bridgehead atoms. The number of carbonyl (C=O) groups excluding carboxylic acids is 2. The first-order valence-electron chi connectivity index (χ1n) is 11.7. The average molecular weight is 581 g/mol. The van der Waals surface area contributed by atoms with Crippen molar-refractivity contribution in [3.05, 3.63) is 105 Å². The summed E-state index contributed by atoms with van der Waals surface area (Å²) in [5.41, 5.74) is 1.93. The van der Waals surface area contributed by atoms with Crippen molar-refractivity contribution in [2.24, 2.45) is 0 Å². The fourth-order valence-corrected chi connectivity index (χ4v) is 4.89. The largest absolute Gasteiger partial charge is 0.350 e. The van der Waals surface area contributed by atoms with Crippen LogP contribution in [0.1, 0.15) is 23.6 Å². The summed E-state index contributed by atoms with van der Waals surface area (Å²) in [7, 11) is -3.76. The van der Waals surface area contributed by atoms with Crippen LogP contribution < -0.4 is 5.32 Å². The molecule has 11 heteroatoms. The maximum atomic E-state index is 13.5. The summed E-state index contributed by atoms with van der Waals surface area (Å²) in [5, 5.41) is 3.60. The highest BCUT2D eigenvalue weighted by atomic mass is 35.5. The molecular formula is C27H28Cl2FN3O4S. The predicted molar refractivity (Wildman–Crippen MR) is 146 cm³/mol. The van der Waals surface area contributed by atoms with Crippen LogP contribution in [-0.4, -0.2) is 48.3 Å². The first kappa shape index (κ1) is 29.6. The smallest absolute Gasteiger partial charge is 0.242 e. The van der Waals surface area contributed by atoms with Crippen LogP contribution in [0.15, 0.2) is 72.8 Å². The van der Waals surface area contributed by atoms with E-state index in [2.05, 4.69) is 5.32 Å². The highest BCUT2D eigenvalue weighted by molar-refractivity contribution is 7.88. The Balaban J connectivity index is 1.81. The van der Waals surface area contributed by atoms with Gasteiger partial charge in [0.1, 0.15) is 11.9 Å². The van der Waals surface area contributed by atoms with Gasteiger partial charge in [0, 0.05) is 29.7 Å². The molecule has 0 saturated carbocycles. The van der Waals surface area contributed by atoms with Crippen molar-refractivity contribution < 1.29 is 22.4 Å². The van der Waals surface area contributed by atoms with E-state index in [9.17, 15) is 22.4 Å². The zero-order valence-electron chi connectivity index (χ0n) is 20.9. The van der Waals surface area contributed by atoms with Crippen molar-refractivity contribution >= 4 is 45.0 Å². The Morgan fingerprint density at radius 2 is 1.58 bits per heavy atom. The minimum atomic E-state index is -3.76. The van der Waals surface area contributed by atoms with Gasteiger partial charge < -0.3 is 10.2 Å².